The van der Waals surface area contributed by atoms with E-state index in [9.17, 15) is 14.4 Å². The number of nitrogen functional groups attached to an aromatic ring is 1. The first-order valence-corrected chi connectivity index (χ1v) is 13.4. The van der Waals surface area contributed by atoms with Gasteiger partial charge in [0, 0.05) is 11.7 Å². The number of anilines is 2. The van der Waals surface area contributed by atoms with Gasteiger partial charge in [-0.3, -0.25) is 19.3 Å². The van der Waals surface area contributed by atoms with Crippen molar-refractivity contribution in [3.63, 3.8) is 0 Å². The van der Waals surface area contributed by atoms with Crippen LogP contribution in [0.2, 0.25) is 0 Å². The first-order valence-electron chi connectivity index (χ1n) is 12.6. The van der Waals surface area contributed by atoms with E-state index in [0.29, 0.717) is 22.7 Å². The van der Waals surface area contributed by atoms with E-state index in [0.717, 1.165) is 48.3 Å². The Hall–Kier alpha value is -4.12. The Labute approximate surface area is 231 Å². The molecule has 10 nitrogen and oxygen atoms in total. The van der Waals surface area contributed by atoms with Gasteiger partial charge in [0.1, 0.15) is 10.9 Å². The van der Waals surface area contributed by atoms with E-state index in [4.69, 9.17) is 20.9 Å². The van der Waals surface area contributed by atoms with Crippen molar-refractivity contribution in [3.8, 4) is 11.5 Å². The number of nitrogens with one attached hydrogen (secondary N) is 1. The van der Waals surface area contributed by atoms with Crippen molar-refractivity contribution in [2.24, 2.45) is 5.73 Å². The minimum absolute atomic E-state index is 0.00522. The largest absolute Gasteiger partial charge is 0.493 e. The molecule has 39 heavy (non-hydrogen) atoms. The molecule has 1 saturated carbocycles. The molecule has 3 amide bonds. The van der Waals surface area contributed by atoms with Crippen molar-refractivity contribution in [3.05, 3.63) is 63.7 Å². The van der Waals surface area contributed by atoms with Crippen molar-refractivity contribution in [1.29, 1.82) is 0 Å². The molecule has 0 aliphatic heterocycles. The molecule has 206 valence electrons. The number of methoxy groups -OCH3 is 2. The normalized spacial score (nSPS) is 14.1. The third-order valence-electron chi connectivity index (χ3n) is 6.93. The lowest BCUT2D eigenvalue weighted by molar-refractivity contribution is -0.123. The van der Waals surface area contributed by atoms with Crippen LogP contribution in [0.4, 0.5) is 11.4 Å². The van der Waals surface area contributed by atoms with Gasteiger partial charge in [0.05, 0.1) is 19.9 Å². The molecule has 11 heteroatoms. The Bertz CT molecular complexity index is 1400. The summed E-state index contributed by atoms with van der Waals surface area (Å²) in [6.07, 6.45) is 3.79. The number of amides is 3. The number of hydrogen-bond donors (Lipinski definition) is 3. The molecule has 1 heterocycles. The van der Waals surface area contributed by atoms with Crippen molar-refractivity contribution in [2.75, 3.05) is 24.9 Å². The molecule has 0 bridgehead atoms. The van der Waals surface area contributed by atoms with Gasteiger partial charge in [0.2, 0.25) is 5.91 Å². The number of primary amides is 1. The molecule has 1 aliphatic carbocycles. The smallest absolute Gasteiger partial charge is 0.273 e. The molecule has 0 saturated heterocycles. The fourth-order valence-corrected chi connectivity index (χ4v) is 5.62. The summed E-state index contributed by atoms with van der Waals surface area (Å²) >= 11 is 0.773. The van der Waals surface area contributed by atoms with Crippen LogP contribution in [-0.2, 0) is 4.79 Å². The number of carbonyl (C=O) groups is 3. The van der Waals surface area contributed by atoms with Crippen molar-refractivity contribution in [1.82, 2.24) is 9.69 Å². The summed E-state index contributed by atoms with van der Waals surface area (Å²) in [6.45, 7) is 3.77. The van der Waals surface area contributed by atoms with Gasteiger partial charge in [0.25, 0.3) is 11.8 Å². The number of hydrogen-bond acceptors (Lipinski definition) is 8. The summed E-state index contributed by atoms with van der Waals surface area (Å²) in [6, 6.07) is 9.68. The van der Waals surface area contributed by atoms with Crippen LogP contribution in [0, 0.1) is 13.8 Å². The average Bonchev–Trinajstić information content (AvgIpc) is 3.57. The number of rotatable bonds is 9. The Kier molecular flexibility index (Phi) is 8.39. The zero-order valence-corrected chi connectivity index (χ0v) is 23.3. The third-order valence-corrected chi connectivity index (χ3v) is 7.78. The van der Waals surface area contributed by atoms with E-state index in [1.54, 1.807) is 18.2 Å². The van der Waals surface area contributed by atoms with Crippen molar-refractivity contribution >= 4 is 40.6 Å². The topological polar surface area (TPSA) is 150 Å². The summed E-state index contributed by atoms with van der Waals surface area (Å²) < 4.78 is 14.9. The van der Waals surface area contributed by atoms with Crippen molar-refractivity contribution in [2.45, 2.75) is 51.6 Å². The predicted molar refractivity (Wildman–Crippen MR) is 150 cm³/mol. The molecule has 0 radical (unpaired) electrons. The molecular formula is C28H33N5O5S. The second-order valence-electron chi connectivity index (χ2n) is 9.61. The molecule has 5 N–H and O–H groups in total. The maximum atomic E-state index is 14.3. The van der Waals surface area contributed by atoms with Gasteiger partial charge in [-0.1, -0.05) is 31.0 Å². The summed E-state index contributed by atoms with van der Waals surface area (Å²) in [7, 11) is 3.03. The van der Waals surface area contributed by atoms with Crippen LogP contribution in [0.5, 0.6) is 11.5 Å². The van der Waals surface area contributed by atoms with Gasteiger partial charge in [0.15, 0.2) is 17.2 Å². The molecular weight excluding hydrogens is 518 g/mol. The number of aromatic nitrogens is 1. The fourth-order valence-electron chi connectivity index (χ4n) is 4.87. The highest BCUT2D eigenvalue weighted by Crippen LogP contribution is 2.38. The summed E-state index contributed by atoms with van der Waals surface area (Å²) in [4.78, 5) is 41.7. The van der Waals surface area contributed by atoms with Crippen LogP contribution in [0.15, 0.2) is 36.4 Å². The minimum atomic E-state index is -1.10. The highest BCUT2D eigenvalue weighted by molar-refractivity contribution is 7.09. The lowest BCUT2D eigenvalue weighted by atomic mass is 9.99. The monoisotopic (exact) mass is 551 g/mol. The van der Waals surface area contributed by atoms with Crippen LogP contribution in [0.1, 0.15) is 68.6 Å². The lowest BCUT2D eigenvalue weighted by Crippen LogP contribution is -2.46. The second-order valence-corrected chi connectivity index (χ2v) is 10.4. The average molecular weight is 552 g/mol. The van der Waals surface area contributed by atoms with Crippen LogP contribution < -0.4 is 31.2 Å². The number of benzene rings is 2. The molecule has 4 rings (SSSR count). The van der Waals surface area contributed by atoms with Crippen LogP contribution in [0.3, 0.4) is 0 Å². The number of ether oxygens (including phenoxy) is 2. The molecule has 0 spiro atoms. The quantitative estimate of drug-likeness (QED) is 0.365. The number of nitrogens with zero attached hydrogens (tertiary/aromatic N) is 2. The predicted octanol–water partition coefficient (Wildman–Crippen LogP) is 3.91. The molecule has 1 aromatic heterocycles. The third kappa shape index (κ3) is 5.68. The van der Waals surface area contributed by atoms with Gasteiger partial charge >= 0.3 is 0 Å². The maximum Gasteiger partial charge on any atom is 0.273 e. The van der Waals surface area contributed by atoms with E-state index >= 15 is 0 Å². The number of nitrogens with two attached hydrogens (primary N) is 2. The van der Waals surface area contributed by atoms with E-state index in [1.165, 1.54) is 19.1 Å². The van der Waals surface area contributed by atoms with E-state index < -0.39 is 17.9 Å². The summed E-state index contributed by atoms with van der Waals surface area (Å²) in [5, 5.41) is 3.15. The van der Waals surface area contributed by atoms with Crippen LogP contribution >= 0.6 is 11.5 Å². The Morgan fingerprint density at radius 1 is 1.05 bits per heavy atom. The van der Waals surface area contributed by atoms with Gasteiger partial charge in [-0.2, -0.15) is 4.37 Å². The highest BCUT2D eigenvalue weighted by atomic mass is 32.1. The Morgan fingerprint density at radius 2 is 1.74 bits per heavy atom. The lowest BCUT2D eigenvalue weighted by Gasteiger charge is -2.33. The standard InChI is InChI=1S/C28H33N5O5S/c1-15-9-10-16(2)19(13-15)33(28(36)25-22(29)23(26(30)34)32-39-25)24(27(35)31-18-7-5-6-8-18)17-11-12-20(37-3)21(14-17)38-4/h9-14,18,24H,5-8,29H2,1-4H3,(H2,30,34)(H,31,35)/t24-/m1/s1. The van der Waals surface area contributed by atoms with E-state index in [1.807, 2.05) is 32.0 Å². The molecule has 1 aliphatic rings. The first-order chi connectivity index (χ1) is 18.7. The number of aryl methyl sites for hydroxylation is 2. The van der Waals surface area contributed by atoms with Gasteiger partial charge in [-0.25, -0.2) is 0 Å². The Morgan fingerprint density at radius 3 is 2.36 bits per heavy atom. The van der Waals surface area contributed by atoms with E-state index in [2.05, 4.69) is 9.69 Å². The number of carbonyl (C=O) groups excluding carboxylic acids is 3. The molecule has 0 unspecified atom stereocenters. The SMILES string of the molecule is COc1ccc([C@H](C(=O)NC2CCCC2)N(C(=O)c2snc(C(N)=O)c2N)c2cc(C)ccc2C)cc1OC. The maximum absolute atomic E-state index is 14.3. The second kappa shape index (κ2) is 11.7. The highest BCUT2D eigenvalue weighted by Gasteiger charge is 2.38. The molecule has 3 aromatic rings. The zero-order chi connectivity index (χ0) is 28.3. The van der Waals surface area contributed by atoms with Gasteiger partial charge < -0.3 is 26.3 Å². The zero-order valence-electron chi connectivity index (χ0n) is 22.4. The fraction of sp³-hybridized carbons (Fsp3) is 0.357. The Balaban J connectivity index is 1.93. The molecule has 2 aromatic carbocycles. The van der Waals surface area contributed by atoms with Gasteiger partial charge in [-0.05, 0) is 73.1 Å². The first kappa shape index (κ1) is 27.9. The summed E-state index contributed by atoms with van der Waals surface area (Å²) in [5.74, 6) is -0.861. The van der Waals surface area contributed by atoms with E-state index in [-0.39, 0.29) is 28.2 Å². The van der Waals surface area contributed by atoms with Gasteiger partial charge in [-0.15, -0.1) is 0 Å². The molecule has 1 atom stereocenters. The molecule has 1 fully saturated rings. The summed E-state index contributed by atoms with van der Waals surface area (Å²) in [5.41, 5.74) is 14.0. The van der Waals surface area contributed by atoms with Crippen LogP contribution in [-0.4, -0.2) is 42.4 Å². The van der Waals surface area contributed by atoms with Crippen molar-refractivity contribution < 1.29 is 23.9 Å². The van der Waals surface area contributed by atoms with Crippen LogP contribution in [0.25, 0.3) is 0 Å². The minimum Gasteiger partial charge on any atom is -0.493 e.